The molecular weight excluding hydrogens is 568 g/mol. The Morgan fingerprint density at radius 1 is 0.689 bits per heavy atom. The molecule has 0 bridgehead atoms. The average Bonchev–Trinajstić information content (AvgIpc) is 3.01. The van der Waals surface area contributed by atoms with E-state index in [1.807, 2.05) is 6.08 Å². The van der Waals surface area contributed by atoms with Gasteiger partial charge >= 0.3 is 0 Å². The van der Waals surface area contributed by atoms with Crippen LogP contribution in [0.3, 0.4) is 0 Å². The number of hydrogen-bond acceptors (Lipinski definition) is 1. The van der Waals surface area contributed by atoms with Gasteiger partial charge in [-0.15, -0.1) is 0 Å². The molecule has 3 aromatic rings. The molecule has 0 amide bonds. The highest BCUT2D eigenvalue weighted by Gasteiger charge is 2.04. The van der Waals surface area contributed by atoms with Crippen molar-refractivity contribution in [1.82, 2.24) is 4.90 Å². The van der Waals surface area contributed by atoms with Gasteiger partial charge in [-0.05, 0) is 56.7 Å². The van der Waals surface area contributed by atoms with Gasteiger partial charge in [-0.3, -0.25) is 4.90 Å². The second kappa shape index (κ2) is 25.6. The van der Waals surface area contributed by atoms with Crippen LogP contribution in [-0.4, -0.2) is 18.5 Å². The molecule has 0 saturated carbocycles. The fraction of sp³-hybridized carbons (Fsp3) is 0.548. The highest BCUT2D eigenvalue weighted by molar-refractivity contribution is 5.85. The number of halogens is 1. The smallest absolute Gasteiger partial charge is 0.168 e. The predicted octanol–water partition coefficient (Wildman–Crippen LogP) is 8.34. The maximum Gasteiger partial charge on any atom is 0.168 e. The van der Waals surface area contributed by atoms with Crippen molar-refractivity contribution >= 4 is 10.8 Å². The third-order valence-electron chi connectivity index (χ3n) is 7.93. The summed E-state index contributed by atoms with van der Waals surface area (Å²) in [6.07, 6.45) is 28.5. The third-order valence-corrected chi connectivity index (χ3v) is 7.93. The number of fused-ring (bicyclic) bond motifs is 1. The standard InChI is InChI=1S/C21H25N.C21H38N.ClH/c1-21(2,3)15-8-5-9-16-22(4)17-19-13-10-12-18-11-6-7-14-20(18)19;1-2-3-4-5-6-7-8-9-10-11-12-13-14-16-19-22-20-17-15-18-21-22;/h5-7,9-14H,16-17H2,1-4H3;15,17-18,20-21H,2-14,16,19H2,1H3;1H/q;+1;/p-1/b9-5+;;. The summed E-state index contributed by atoms with van der Waals surface area (Å²) < 4.78 is 2.29. The number of rotatable bonds is 19. The van der Waals surface area contributed by atoms with E-state index in [9.17, 15) is 0 Å². The van der Waals surface area contributed by atoms with Crippen LogP contribution in [0.2, 0.25) is 0 Å². The molecule has 3 heteroatoms. The maximum absolute atomic E-state index is 3.21. The van der Waals surface area contributed by atoms with Gasteiger partial charge in [0.1, 0.15) is 6.54 Å². The van der Waals surface area contributed by atoms with E-state index in [0.29, 0.717) is 0 Å². The monoisotopic (exact) mass is 630 g/mol. The number of hydrogen-bond donors (Lipinski definition) is 0. The second-order valence-corrected chi connectivity index (χ2v) is 13.5. The summed E-state index contributed by atoms with van der Waals surface area (Å²) >= 11 is 0. The Bertz CT molecular complexity index is 1210. The molecule has 248 valence electrons. The van der Waals surface area contributed by atoms with Crippen molar-refractivity contribution in [3.63, 3.8) is 0 Å². The van der Waals surface area contributed by atoms with Crippen LogP contribution in [0.4, 0.5) is 0 Å². The molecule has 0 radical (unpaired) electrons. The number of allylic oxidation sites excluding steroid dienone is 1. The Hall–Kier alpha value is -2.60. The first kappa shape index (κ1) is 40.4. The van der Waals surface area contributed by atoms with E-state index in [1.165, 1.54) is 113 Å². The van der Waals surface area contributed by atoms with Crippen molar-refractivity contribution in [2.75, 3.05) is 13.6 Å². The molecule has 0 aliphatic rings. The summed E-state index contributed by atoms with van der Waals surface area (Å²) in [6, 6.07) is 21.4. The van der Waals surface area contributed by atoms with Crippen molar-refractivity contribution in [3.8, 4) is 11.8 Å². The van der Waals surface area contributed by atoms with Crippen molar-refractivity contribution in [2.45, 2.75) is 131 Å². The van der Waals surface area contributed by atoms with Gasteiger partial charge in [0.15, 0.2) is 12.4 Å². The molecule has 0 aliphatic heterocycles. The van der Waals surface area contributed by atoms with Crippen LogP contribution >= 0.6 is 0 Å². The van der Waals surface area contributed by atoms with Crippen LogP contribution in [0.5, 0.6) is 0 Å². The molecular formula is C42H63ClN2. The predicted molar refractivity (Wildman–Crippen MR) is 194 cm³/mol. The number of likely N-dealkylation sites (N-methyl/N-ethyl adjacent to an activating group) is 1. The lowest BCUT2D eigenvalue weighted by Gasteiger charge is -2.15. The molecule has 0 fully saturated rings. The molecule has 45 heavy (non-hydrogen) atoms. The highest BCUT2D eigenvalue weighted by Crippen LogP contribution is 2.19. The SMILES string of the molecule is CCCCCCCCCCCCCCCC[n+]1ccccc1.CN(C/C=C/C#CC(C)(C)C)Cc1cccc2ccccc12.[Cl-]. The molecule has 0 spiro atoms. The lowest BCUT2D eigenvalue weighted by Crippen LogP contribution is -3.00. The first-order chi connectivity index (χ1) is 21.4. The quantitative estimate of drug-likeness (QED) is 0.0734. The molecule has 0 saturated heterocycles. The Balaban J connectivity index is 0.000000440. The van der Waals surface area contributed by atoms with E-state index in [-0.39, 0.29) is 17.8 Å². The molecule has 1 aromatic heterocycles. The summed E-state index contributed by atoms with van der Waals surface area (Å²) in [5.74, 6) is 6.33. The second-order valence-electron chi connectivity index (χ2n) is 13.5. The molecule has 1 heterocycles. The molecule has 2 nitrogen and oxygen atoms in total. The van der Waals surface area contributed by atoms with Gasteiger partial charge < -0.3 is 12.4 Å². The van der Waals surface area contributed by atoms with Gasteiger partial charge in [-0.25, -0.2) is 4.57 Å². The first-order valence-electron chi connectivity index (χ1n) is 17.7. The topological polar surface area (TPSA) is 7.12 Å². The summed E-state index contributed by atoms with van der Waals surface area (Å²) in [7, 11) is 2.14. The normalized spacial score (nSPS) is 11.2. The molecule has 0 N–H and O–H groups in total. The van der Waals surface area contributed by atoms with E-state index >= 15 is 0 Å². The summed E-state index contributed by atoms with van der Waals surface area (Å²) in [5, 5.41) is 2.65. The molecule has 0 unspecified atom stereocenters. The van der Waals surface area contributed by atoms with Gasteiger partial charge in [0.2, 0.25) is 0 Å². The average molecular weight is 631 g/mol. The van der Waals surface area contributed by atoms with Crippen molar-refractivity contribution in [3.05, 3.63) is 90.8 Å². The Morgan fingerprint density at radius 3 is 1.84 bits per heavy atom. The van der Waals surface area contributed by atoms with Crippen LogP contribution in [-0.2, 0) is 13.1 Å². The highest BCUT2D eigenvalue weighted by atomic mass is 35.5. The molecule has 0 aliphatic carbocycles. The van der Waals surface area contributed by atoms with Gasteiger partial charge in [0.05, 0.1) is 0 Å². The molecule has 2 aromatic carbocycles. The summed E-state index contributed by atoms with van der Waals surface area (Å²) in [6.45, 7) is 11.7. The van der Waals surface area contributed by atoms with Gasteiger partial charge in [0, 0.05) is 37.1 Å². The fourth-order valence-corrected chi connectivity index (χ4v) is 5.41. The van der Waals surface area contributed by atoms with Crippen molar-refractivity contribution in [1.29, 1.82) is 0 Å². The zero-order valence-corrected chi connectivity index (χ0v) is 30.1. The molecule has 3 rings (SSSR count). The largest absolute Gasteiger partial charge is 1.00 e. The Labute approximate surface area is 284 Å². The minimum atomic E-state index is 0. The van der Waals surface area contributed by atoms with Crippen LogP contribution < -0.4 is 17.0 Å². The van der Waals surface area contributed by atoms with Gasteiger partial charge in [-0.2, -0.15) is 0 Å². The fourth-order valence-electron chi connectivity index (χ4n) is 5.41. The third kappa shape index (κ3) is 20.9. The van der Waals surface area contributed by atoms with Crippen molar-refractivity contribution < 1.29 is 17.0 Å². The van der Waals surface area contributed by atoms with Crippen LogP contribution in [0, 0.1) is 17.3 Å². The van der Waals surface area contributed by atoms with Gasteiger partial charge in [-0.1, -0.05) is 150 Å². The van der Waals surface area contributed by atoms with Crippen LogP contribution in [0.15, 0.2) is 85.2 Å². The van der Waals surface area contributed by atoms with Crippen molar-refractivity contribution in [2.24, 2.45) is 5.41 Å². The summed E-state index contributed by atoms with van der Waals surface area (Å²) in [4.78, 5) is 2.30. The number of benzene rings is 2. The lowest BCUT2D eigenvalue weighted by molar-refractivity contribution is -0.697. The maximum atomic E-state index is 3.21. The van der Waals surface area contributed by atoms with E-state index < -0.39 is 0 Å². The zero-order valence-electron chi connectivity index (χ0n) is 29.4. The number of unbranched alkanes of at least 4 members (excludes halogenated alkanes) is 13. The van der Waals surface area contributed by atoms with Crippen LogP contribution in [0.1, 0.15) is 123 Å². The minimum absolute atomic E-state index is 0. The molecule has 0 atom stereocenters. The number of aromatic nitrogens is 1. The van der Waals surface area contributed by atoms with Crippen LogP contribution in [0.25, 0.3) is 10.8 Å². The number of aryl methyl sites for hydroxylation is 1. The lowest BCUT2D eigenvalue weighted by atomic mass is 9.98. The first-order valence-corrected chi connectivity index (χ1v) is 17.7. The minimum Gasteiger partial charge on any atom is -1.00 e. The number of nitrogens with zero attached hydrogens (tertiary/aromatic N) is 2. The van der Waals surface area contributed by atoms with E-state index in [2.05, 4.69) is 135 Å². The number of pyridine rings is 1. The van der Waals surface area contributed by atoms with Gasteiger partial charge in [0.25, 0.3) is 0 Å². The Morgan fingerprint density at radius 2 is 1.24 bits per heavy atom. The van der Waals surface area contributed by atoms with E-state index in [1.54, 1.807) is 0 Å². The Kier molecular flexibility index (Phi) is 23.0. The zero-order chi connectivity index (χ0) is 31.7. The summed E-state index contributed by atoms with van der Waals surface area (Å²) in [5.41, 5.74) is 1.44. The van der Waals surface area contributed by atoms with E-state index in [4.69, 9.17) is 0 Å². The van der Waals surface area contributed by atoms with E-state index in [0.717, 1.165) is 13.1 Å².